The second kappa shape index (κ2) is 41.3. The molecule has 6 N–H and O–H groups in total. The summed E-state index contributed by atoms with van der Waals surface area (Å²) < 4.78 is 118. The van der Waals surface area contributed by atoms with Crippen LogP contribution in [0.15, 0.2) is 103 Å². The zero-order valence-corrected chi connectivity index (χ0v) is 87.5. The third kappa shape index (κ3) is 22.9. The average molecular weight is 2060 g/mol. The Labute approximate surface area is 843 Å². The lowest BCUT2D eigenvalue weighted by atomic mass is 9.97. The van der Waals surface area contributed by atoms with Gasteiger partial charge in [0.05, 0.1) is 136 Å². The zero-order valence-electron chi connectivity index (χ0n) is 83.5. The highest BCUT2D eigenvalue weighted by atomic mass is 35.5. The largest absolute Gasteiger partial charge is 0.386 e. The van der Waals surface area contributed by atoms with Crippen molar-refractivity contribution in [2.45, 2.75) is 201 Å². The van der Waals surface area contributed by atoms with Gasteiger partial charge in [0.1, 0.15) is 35.0 Å². The van der Waals surface area contributed by atoms with Gasteiger partial charge in [-0.3, -0.25) is 38.1 Å². The molecule has 4 atom stereocenters. The van der Waals surface area contributed by atoms with Gasteiger partial charge in [-0.15, -0.1) is 0 Å². The van der Waals surface area contributed by atoms with E-state index in [0.717, 1.165) is 250 Å². The summed E-state index contributed by atoms with van der Waals surface area (Å²) in [5.41, 5.74) is 15.9. The number of likely N-dealkylation sites (tertiary alicyclic amines) is 4. The molecule has 4 amide bonds. The number of aromatic nitrogens is 12. The number of carbonyl (C=O) groups excluding carboxylic acids is 4. The fraction of sp³-hybridized carbons (Fsp3) is 0.470. The molecule has 0 bridgehead atoms. The van der Waals surface area contributed by atoms with Gasteiger partial charge in [0, 0.05) is 141 Å². The van der Waals surface area contributed by atoms with Crippen molar-refractivity contribution < 1.29 is 62.7 Å². The number of rotatable bonds is 21. The number of nitriles is 1. The predicted molar refractivity (Wildman–Crippen MR) is 554 cm³/mol. The van der Waals surface area contributed by atoms with Crippen LogP contribution in [0.3, 0.4) is 0 Å². The van der Waals surface area contributed by atoms with Gasteiger partial charge in [0.15, 0.2) is 22.6 Å². The minimum absolute atomic E-state index is 0.194. The summed E-state index contributed by atoms with van der Waals surface area (Å²) in [5, 5.41) is 43.5. The van der Waals surface area contributed by atoms with Gasteiger partial charge in [-0.1, -0.05) is 46.5 Å². The Bertz CT molecular complexity index is 7570. The number of piperidine rings is 4. The van der Waals surface area contributed by atoms with Crippen molar-refractivity contribution >= 4 is 144 Å². The summed E-state index contributed by atoms with van der Waals surface area (Å²) >= 11 is 6.22. The highest BCUT2D eigenvalue weighted by molar-refractivity contribution is 7.92. The number of nitrogens with one attached hydrogen (secondary N) is 5. The fourth-order valence-corrected chi connectivity index (χ4v) is 22.4. The number of fused-ring (bicyclic) bond motifs is 4. The van der Waals surface area contributed by atoms with Crippen LogP contribution in [0.1, 0.15) is 248 Å². The molecule has 8 fully saturated rings. The first-order chi connectivity index (χ1) is 68.3. The number of nitrogens with zero attached hydrogens (tertiary/aromatic N) is 20. The monoisotopic (exact) mass is 2060 g/mol. The van der Waals surface area contributed by atoms with E-state index in [1.807, 2.05) is 105 Å². The number of hydrogen-bond acceptors (Lipinski definition) is 27. The summed E-state index contributed by atoms with van der Waals surface area (Å²) in [7, 11) is -14.2. The molecule has 0 radical (unpaired) electrons. The molecule has 1 saturated carbocycles. The maximum Gasteiger partial charge on any atom is 0.256 e. The Morgan fingerprint density at radius 2 is 0.771 bits per heavy atom. The second-order valence-corrected chi connectivity index (χ2v) is 46.9. The minimum Gasteiger partial charge on any atom is -0.386 e. The Kier molecular flexibility index (Phi) is 29.4. The van der Waals surface area contributed by atoms with E-state index in [9.17, 15) is 63.2 Å². The molecule has 15 heterocycles. The van der Waals surface area contributed by atoms with Crippen LogP contribution in [0.4, 0.5) is 46.0 Å². The number of anilines is 8. The maximum atomic E-state index is 13.9. The number of ether oxygens (including phenoxy) is 1. The molecule has 1 aliphatic carbocycles. The van der Waals surface area contributed by atoms with E-state index < -0.39 is 45.7 Å². The number of β-amino-alcohol motifs (C(OH)–C–C–N with tert-alkyl or cyclic N) is 1. The predicted octanol–water partition coefficient (Wildman–Crippen LogP) is 13.4. The lowest BCUT2D eigenvalue weighted by Gasteiger charge is -2.45. The maximum absolute atomic E-state index is 13.9. The van der Waals surface area contributed by atoms with E-state index in [4.69, 9.17) is 46.6 Å². The Morgan fingerprint density at radius 3 is 1.16 bits per heavy atom. The molecule has 7 aliphatic heterocycles. The van der Waals surface area contributed by atoms with Gasteiger partial charge < -0.3 is 49.5 Å². The van der Waals surface area contributed by atoms with Gasteiger partial charge in [0.25, 0.3) is 23.6 Å². The van der Waals surface area contributed by atoms with Crippen LogP contribution in [0.5, 0.6) is 0 Å². The highest BCUT2D eigenvalue weighted by Gasteiger charge is 2.42. The standard InChI is InChI=1S/C26H32ClN7O4S.C26H34N6O4S.C25H32N6O3S.C23H26N6O3S/c1-26(36)15-32(16-26)24-14-22(31-9-5-10-31)28-23-13-20(29-34(23)24)21-6-3-4-11-33(21)25(35)18-12-17(27)7-8-19(18)30-39(2,37)38;1-17-8-9-21(29-37(4,34)35)20(15-17)26(33)31-10-6-5-7-23(31)22-16-24-27-19(3)18(2)25(32(24)28-22)30-11-13-36-14-12-30;1-15-8-11-20(29-35(4,33)34)19(13-15)25(32)30-12-6-5-7-22(30)21-14-23-26-17(3)16(2)24(31(23)28-21)27-18-9-10-18;1-14-8-9-18(27-33(4,31)32)17(11-14)23(30)28-10-6-5-7-20(28)19-12-22-25-16(3)15(2)21(13-24)29(22)26-19/h7-8,12-14,21,30,36H,3-6,9-11,15-16H2,1-2H3;8-9,15-16,23,29H,5-7,10-14H2,1-4H3;8,11,13-14,18,22,27,29H,5-7,9-10,12H2,1-4H3;8-9,11-12,20,27H,5-7,10H2,1-4H3/t21-;23-;22-;20-/m0000/s1. The molecule has 39 nitrogen and oxygen atoms in total. The number of carbonyl (C=O) groups is 4. The number of amides is 4. The molecule has 44 heteroatoms. The quantitative estimate of drug-likeness (QED) is 0.0389. The topological polar surface area (TPSA) is 462 Å². The summed E-state index contributed by atoms with van der Waals surface area (Å²) in [6.07, 6.45) is 18.0. The van der Waals surface area contributed by atoms with E-state index in [-0.39, 0.29) is 64.7 Å². The smallest absolute Gasteiger partial charge is 0.256 e. The van der Waals surface area contributed by atoms with E-state index in [1.54, 1.807) is 75.0 Å². The molecule has 8 aromatic heterocycles. The van der Waals surface area contributed by atoms with Crippen molar-refractivity contribution in [3.8, 4) is 6.07 Å². The molecule has 0 unspecified atom stereocenters. The van der Waals surface area contributed by atoms with E-state index in [0.29, 0.717) is 114 Å². The number of benzene rings is 4. The summed E-state index contributed by atoms with van der Waals surface area (Å²) in [6.45, 7) is 27.3. The van der Waals surface area contributed by atoms with Gasteiger partial charge in [0.2, 0.25) is 40.1 Å². The summed E-state index contributed by atoms with van der Waals surface area (Å²) in [6, 6.07) is 31.4. The first-order valence-electron chi connectivity index (χ1n) is 48.8. The van der Waals surface area contributed by atoms with Crippen LogP contribution in [0, 0.1) is 73.6 Å². The SMILES string of the molecule is CC1(O)CN(c2cc(N3CCC3)nc3cc([C@@H]4CCCCN4C(=O)c4cc(Cl)ccc4NS(C)(=O)=O)nn23)C1.Cc1ccc(NS(C)(=O)=O)c(C(=O)N2CCCC[C@H]2c2cc3nc(C)c(C)c(C#N)n3n2)c1.Cc1ccc(NS(C)(=O)=O)c(C(=O)N2CCCC[C@H]2c2cc3nc(C)c(C)c(N4CCOCC4)n3n2)c1.Cc1ccc(NS(C)(=O)=O)c(C(=O)N2CCCC[C@H]2c2cc3nc(C)c(C)c(NC4CC4)n3n2)c1. The first kappa shape index (κ1) is 103. The van der Waals surface area contributed by atoms with Crippen molar-refractivity contribution in [1.29, 1.82) is 5.26 Å². The number of morpholine rings is 1. The number of aliphatic hydroxyl groups is 1. The van der Waals surface area contributed by atoms with Crippen LogP contribution in [0.2, 0.25) is 5.02 Å². The average Bonchev–Trinajstić information content (AvgIpc) is 1.59. The lowest BCUT2D eigenvalue weighted by Crippen LogP contribution is -2.60. The molecule has 12 aromatic rings. The van der Waals surface area contributed by atoms with Crippen LogP contribution in [0.25, 0.3) is 22.6 Å². The van der Waals surface area contributed by atoms with Crippen molar-refractivity contribution in [3.63, 3.8) is 0 Å². The number of halogens is 1. The van der Waals surface area contributed by atoms with Crippen LogP contribution in [-0.2, 0) is 44.8 Å². The lowest BCUT2D eigenvalue weighted by molar-refractivity contribution is 0.0302. The number of aryl methyl sites for hydroxylation is 6. The molecule has 0 spiro atoms. The third-order valence-corrected chi connectivity index (χ3v) is 30.2. The minimum atomic E-state index is -3.60. The van der Waals surface area contributed by atoms with Gasteiger partial charge in [-0.2, -0.15) is 39.2 Å². The fourth-order valence-electron chi connectivity index (χ4n) is 19.9. The van der Waals surface area contributed by atoms with E-state index >= 15 is 0 Å². The molecule has 7 saturated heterocycles. The zero-order chi connectivity index (χ0) is 103. The second-order valence-electron chi connectivity index (χ2n) is 39.5. The van der Waals surface area contributed by atoms with Gasteiger partial charge in [-0.05, 0) is 220 Å². The molecule has 8 aliphatic rings. The van der Waals surface area contributed by atoms with Crippen molar-refractivity contribution in [2.24, 2.45) is 0 Å². The normalized spacial score (nSPS) is 18.9. The summed E-state index contributed by atoms with van der Waals surface area (Å²) in [5.74, 6) is 2.77. The molecular formula is C100H124ClN25O14S4. The molecule has 764 valence electrons. The molecule has 20 rings (SSSR count). The molecule has 144 heavy (non-hydrogen) atoms. The van der Waals surface area contributed by atoms with Crippen LogP contribution >= 0.6 is 11.6 Å². The third-order valence-electron chi connectivity index (χ3n) is 27.6. The van der Waals surface area contributed by atoms with Crippen LogP contribution in [-0.4, -0.2) is 256 Å². The number of sulfonamides is 4. The first-order valence-corrected chi connectivity index (χ1v) is 56.7. The van der Waals surface area contributed by atoms with Crippen molar-refractivity contribution in [2.75, 3.05) is 143 Å². The van der Waals surface area contributed by atoms with Gasteiger partial charge in [-0.25, -0.2) is 58.1 Å². The van der Waals surface area contributed by atoms with Gasteiger partial charge >= 0.3 is 0 Å². The number of hydrogen-bond donors (Lipinski definition) is 6. The Morgan fingerprint density at radius 1 is 0.410 bits per heavy atom. The Balaban J connectivity index is 0.000000132. The van der Waals surface area contributed by atoms with Crippen LogP contribution < -0.4 is 38.9 Å². The Hall–Kier alpha value is -12.9. The van der Waals surface area contributed by atoms with E-state index in [2.05, 4.69) is 68.9 Å². The summed E-state index contributed by atoms with van der Waals surface area (Å²) in [4.78, 5) is 88.1. The van der Waals surface area contributed by atoms with Crippen molar-refractivity contribution in [1.82, 2.24) is 78.0 Å². The van der Waals surface area contributed by atoms with E-state index in [1.165, 1.54) is 16.6 Å². The molecule has 4 aromatic carbocycles. The highest BCUT2D eigenvalue weighted by Crippen LogP contribution is 2.43. The van der Waals surface area contributed by atoms with Crippen molar-refractivity contribution in [3.05, 3.63) is 209 Å². The molecular weight excluding hydrogens is 1940 g/mol.